The van der Waals surface area contributed by atoms with Gasteiger partial charge in [-0.05, 0) is 23.8 Å². The Labute approximate surface area is 112 Å². The Hall–Kier alpha value is -1.37. The van der Waals surface area contributed by atoms with Gasteiger partial charge in [-0.25, -0.2) is 0 Å². The molecule has 0 radical (unpaired) electrons. The van der Waals surface area contributed by atoms with Crippen LogP contribution in [-0.2, 0) is 0 Å². The fourth-order valence-electron chi connectivity index (χ4n) is 1.91. The Morgan fingerprint density at radius 1 is 0.944 bits per heavy atom. The van der Waals surface area contributed by atoms with Crippen LogP contribution in [-0.4, -0.2) is 4.98 Å². The van der Waals surface area contributed by atoms with E-state index in [-0.39, 0.29) is 0 Å². The minimum Gasteiger partial charge on any atom is -0.260 e. The Morgan fingerprint density at radius 2 is 1.50 bits per heavy atom. The number of benzene rings is 1. The Bertz CT molecular complexity index is 458. The molecular formula is C17H27N. The third-order valence-corrected chi connectivity index (χ3v) is 2.64. The van der Waals surface area contributed by atoms with E-state index >= 15 is 0 Å². The Morgan fingerprint density at radius 3 is 2.06 bits per heavy atom. The van der Waals surface area contributed by atoms with Gasteiger partial charge in [-0.2, -0.15) is 0 Å². The molecular weight excluding hydrogens is 218 g/mol. The normalized spacial score (nSPS) is 9.33. The number of pyridine rings is 1. The maximum Gasteiger partial charge on any atom is 0.0464 e. The minimum absolute atomic E-state index is 0.500. The molecule has 18 heavy (non-hydrogen) atoms. The van der Waals surface area contributed by atoms with E-state index in [0.29, 0.717) is 5.92 Å². The molecule has 0 N–H and O–H groups in total. The SMILES string of the molecule is CC.CC.Cc1c(C(C)C)ncc2ccccc12. The number of hydrogen-bond acceptors (Lipinski definition) is 1. The number of rotatable bonds is 1. The summed E-state index contributed by atoms with van der Waals surface area (Å²) < 4.78 is 0. The van der Waals surface area contributed by atoms with E-state index in [1.165, 1.54) is 22.0 Å². The van der Waals surface area contributed by atoms with Crippen molar-refractivity contribution >= 4 is 10.8 Å². The second kappa shape index (κ2) is 8.68. The number of aromatic nitrogens is 1. The zero-order chi connectivity index (χ0) is 14.1. The third-order valence-electron chi connectivity index (χ3n) is 2.64. The van der Waals surface area contributed by atoms with Crippen molar-refractivity contribution in [3.8, 4) is 0 Å². The molecule has 100 valence electrons. The lowest BCUT2D eigenvalue weighted by molar-refractivity contribution is 0.816. The molecule has 0 saturated heterocycles. The topological polar surface area (TPSA) is 12.9 Å². The van der Waals surface area contributed by atoms with Crippen LogP contribution >= 0.6 is 0 Å². The molecule has 1 nitrogen and oxygen atoms in total. The molecule has 0 amide bonds. The molecule has 0 aliphatic heterocycles. The lowest BCUT2D eigenvalue weighted by Crippen LogP contribution is -1.96. The molecule has 0 bridgehead atoms. The van der Waals surface area contributed by atoms with E-state index in [2.05, 4.69) is 50.0 Å². The molecule has 0 atom stereocenters. The molecule has 2 aromatic rings. The molecule has 0 fully saturated rings. The maximum atomic E-state index is 4.51. The number of aryl methyl sites for hydroxylation is 1. The van der Waals surface area contributed by atoms with E-state index in [9.17, 15) is 0 Å². The summed E-state index contributed by atoms with van der Waals surface area (Å²) in [4.78, 5) is 4.51. The van der Waals surface area contributed by atoms with Gasteiger partial charge in [0.2, 0.25) is 0 Å². The van der Waals surface area contributed by atoms with Crippen LogP contribution in [0, 0.1) is 6.92 Å². The van der Waals surface area contributed by atoms with E-state index in [1.54, 1.807) is 0 Å². The van der Waals surface area contributed by atoms with Crippen molar-refractivity contribution < 1.29 is 0 Å². The van der Waals surface area contributed by atoms with Crippen LogP contribution in [0.3, 0.4) is 0 Å². The first-order valence-corrected chi connectivity index (χ1v) is 7.04. The molecule has 1 aromatic carbocycles. The van der Waals surface area contributed by atoms with E-state index < -0.39 is 0 Å². The predicted molar refractivity (Wildman–Crippen MR) is 83.3 cm³/mol. The van der Waals surface area contributed by atoms with Gasteiger partial charge in [-0.3, -0.25) is 4.98 Å². The van der Waals surface area contributed by atoms with Crippen LogP contribution in [0.4, 0.5) is 0 Å². The summed E-state index contributed by atoms with van der Waals surface area (Å²) in [7, 11) is 0. The summed E-state index contributed by atoms with van der Waals surface area (Å²) >= 11 is 0. The van der Waals surface area contributed by atoms with Gasteiger partial charge in [0.25, 0.3) is 0 Å². The molecule has 1 aromatic heterocycles. The molecule has 0 unspecified atom stereocenters. The van der Waals surface area contributed by atoms with Gasteiger partial charge in [0.1, 0.15) is 0 Å². The highest BCUT2D eigenvalue weighted by molar-refractivity contribution is 5.85. The first-order chi connectivity index (χ1) is 8.70. The lowest BCUT2D eigenvalue weighted by atomic mass is 10.00. The maximum absolute atomic E-state index is 4.51. The summed E-state index contributed by atoms with van der Waals surface area (Å²) in [6.07, 6.45) is 1.97. The van der Waals surface area contributed by atoms with Crippen molar-refractivity contribution in [2.24, 2.45) is 0 Å². The minimum atomic E-state index is 0.500. The zero-order valence-corrected chi connectivity index (χ0v) is 12.9. The summed E-state index contributed by atoms with van der Waals surface area (Å²) in [5, 5.41) is 2.56. The Kier molecular flexibility index (Phi) is 8.02. The van der Waals surface area contributed by atoms with Gasteiger partial charge in [0.15, 0.2) is 0 Å². The lowest BCUT2D eigenvalue weighted by Gasteiger charge is -2.10. The highest BCUT2D eigenvalue weighted by atomic mass is 14.7. The standard InChI is InChI=1S/C13H15N.2C2H6/c1-9(2)13-10(3)12-7-5-4-6-11(12)8-14-13;2*1-2/h4-9H,1-3H3;2*1-2H3. The van der Waals surface area contributed by atoms with Crippen LogP contribution in [0.5, 0.6) is 0 Å². The second-order valence-electron chi connectivity index (χ2n) is 4.01. The van der Waals surface area contributed by atoms with Gasteiger partial charge in [0, 0.05) is 17.3 Å². The first-order valence-electron chi connectivity index (χ1n) is 7.04. The van der Waals surface area contributed by atoms with Crippen molar-refractivity contribution in [1.82, 2.24) is 4.98 Å². The highest BCUT2D eigenvalue weighted by Gasteiger charge is 2.07. The molecule has 1 heterocycles. The number of hydrogen-bond donors (Lipinski definition) is 0. The summed E-state index contributed by atoms with van der Waals surface area (Å²) in [5.41, 5.74) is 2.53. The van der Waals surface area contributed by atoms with Crippen LogP contribution in [0.2, 0.25) is 0 Å². The molecule has 0 aliphatic rings. The van der Waals surface area contributed by atoms with Crippen LogP contribution in [0.25, 0.3) is 10.8 Å². The van der Waals surface area contributed by atoms with Crippen molar-refractivity contribution in [2.45, 2.75) is 54.4 Å². The number of fused-ring (bicyclic) bond motifs is 1. The average Bonchev–Trinajstić information content (AvgIpc) is 2.43. The zero-order valence-electron chi connectivity index (χ0n) is 12.9. The molecule has 0 saturated carbocycles. The van der Waals surface area contributed by atoms with Crippen LogP contribution in [0.15, 0.2) is 30.5 Å². The van der Waals surface area contributed by atoms with Crippen molar-refractivity contribution in [1.29, 1.82) is 0 Å². The van der Waals surface area contributed by atoms with Crippen LogP contribution in [0.1, 0.15) is 58.7 Å². The molecule has 2 rings (SSSR count). The van der Waals surface area contributed by atoms with Crippen molar-refractivity contribution in [3.63, 3.8) is 0 Å². The summed E-state index contributed by atoms with van der Waals surface area (Å²) in [6, 6.07) is 8.41. The van der Waals surface area contributed by atoms with Crippen molar-refractivity contribution in [3.05, 3.63) is 41.7 Å². The van der Waals surface area contributed by atoms with E-state index in [4.69, 9.17) is 0 Å². The second-order valence-corrected chi connectivity index (χ2v) is 4.01. The van der Waals surface area contributed by atoms with Gasteiger partial charge >= 0.3 is 0 Å². The first kappa shape index (κ1) is 16.6. The number of nitrogens with zero attached hydrogens (tertiary/aromatic N) is 1. The molecule has 1 heteroatoms. The fourth-order valence-corrected chi connectivity index (χ4v) is 1.91. The third kappa shape index (κ3) is 3.83. The van der Waals surface area contributed by atoms with Crippen LogP contribution < -0.4 is 0 Å². The largest absolute Gasteiger partial charge is 0.260 e. The highest BCUT2D eigenvalue weighted by Crippen LogP contribution is 2.24. The monoisotopic (exact) mass is 245 g/mol. The Balaban J connectivity index is 0.000000659. The summed E-state index contributed by atoms with van der Waals surface area (Å²) in [5.74, 6) is 0.500. The van der Waals surface area contributed by atoms with Crippen molar-refractivity contribution in [2.75, 3.05) is 0 Å². The average molecular weight is 245 g/mol. The smallest absolute Gasteiger partial charge is 0.0464 e. The quantitative estimate of drug-likeness (QED) is 0.626. The van der Waals surface area contributed by atoms with E-state index in [1.807, 2.05) is 33.9 Å². The van der Waals surface area contributed by atoms with Gasteiger partial charge < -0.3 is 0 Å². The van der Waals surface area contributed by atoms with Gasteiger partial charge in [0.05, 0.1) is 0 Å². The molecule has 0 aliphatic carbocycles. The fraction of sp³-hybridized carbons (Fsp3) is 0.471. The molecule has 0 spiro atoms. The predicted octanol–water partition coefficient (Wildman–Crippen LogP) is 5.72. The van der Waals surface area contributed by atoms with E-state index in [0.717, 1.165) is 0 Å². The van der Waals surface area contributed by atoms with Gasteiger partial charge in [-0.15, -0.1) is 0 Å². The summed E-state index contributed by atoms with van der Waals surface area (Å²) in [6.45, 7) is 14.5. The van der Waals surface area contributed by atoms with Gasteiger partial charge in [-0.1, -0.05) is 65.8 Å².